The summed E-state index contributed by atoms with van der Waals surface area (Å²) in [4.78, 5) is 27.9. The first-order valence-corrected chi connectivity index (χ1v) is 11.1. The fourth-order valence-corrected chi connectivity index (χ4v) is 2.68. The van der Waals surface area contributed by atoms with E-state index in [2.05, 4.69) is 19.9 Å². The molecule has 15 nitrogen and oxygen atoms in total. The van der Waals surface area contributed by atoms with Crippen molar-refractivity contribution in [1.29, 1.82) is 0 Å². The van der Waals surface area contributed by atoms with Gasteiger partial charge in [-0.15, -0.1) is 0 Å². The number of quaternary nitrogens is 1. The van der Waals surface area contributed by atoms with Gasteiger partial charge in [-0.2, -0.15) is 19.9 Å². The number of aliphatic hydroxyl groups excluding tert-OH is 2. The topological polar surface area (TPSA) is 204 Å². The number of rotatable bonds is 13. The van der Waals surface area contributed by atoms with E-state index in [0.29, 0.717) is 13.1 Å². The molecule has 0 saturated carbocycles. The number of methoxy groups -OCH3 is 4. The van der Waals surface area contributed by atoms with Crippen LogP contribution in [0.2, 0.25) is 0 Å². The van der Waals surface area contributed by atoms with Gasteiger partial charge in [0.15, 0.2) is 0 Å². The highest BCUT2D eigenvalue weighted by Gasteiger charge is 2.18. The quantitative estimate of drug-likeness (QED) is 0.220. The Kier molecular flexibility index (Phi) is 12.2. The van der Waals surface area contributed by atoms with Crippen molar-refractivity contribution in [2.24, 2.45) is 0 Å². The minimum Gasteiger partial charge on any atom is -0.545 e. The van der Waals surface area contributed by atoms with Crippen molar-refractivity contribution in [3.63, 3.8) is 0 Å². The fraction of sp³-hybridized carbons (Fsp3) is 0.348. The number of carbonyl (C=O) groups excluding carboxylic acids is 1. The molecule has 2 aromatic heterocycles. The van der Waals surface area contributed by atoms with Gasteiger partial charge >= 0.3 is 12.0 Å². The second kappa shape index (κ2) is 15.6. The Morgan fingerprint density at radius 2 is 1.13 bits per heavy atom. The van der Waals surface area contributed by atoms with Gasteiger partial charge in [-0.05, 0) is 12.1 Å². The number of aromatic carboxylic acids is 1. The van der Waals surface area contributed by atoms with Crippen LogP contribution in [0.3, 0.4) is 0 Å². The number of aromatic nitrogens is 4. The largest absolute Gasteiger partial charge is 0.545 e. The molecule has 38 heavy (non-hydrogen) atoms. The summed E-state index contributed by atoms with van der Waals surface area (Å²) in [5, 5.41) is 30.1. The number of aliphatic hydroxyl groups is 2. The molecule has 4 N–H and O–H groups in total. The molecule has 0 atom stereocenters. The van der Waals surface area contributed by atoms with Gasteiger partial charge in [-0.3, -0.25) is 0 Å². The first kappa shape index (κ1) is 29.8. The monoisotopic (exact) mass is 535 g/mol. The number of carbonyl (C=O) groups is 1. The maximum atomic E-state index is 11.9. The van der Waals surface area contributed by atoms with Crippen molar-refractivity contribution >= 4 is 5.97 Å². The minimum absolute atomic E-state index is 0.150. The zero-order valence-corrected chi connectivity index (χ0v) is 21.2. The number of nitrogens with two attached hydrogens (primary N) is 1. The van der Waals surface area contributed by atoms with E-state index in [1.54, 1.807) is 0 Å². The highest BCUT2D eigenvalue weighted by molar-refractivity contribution is 5.92. The summed E-state index contributed by atoms with van der Waals surface area (Å²) < 4.78 is 31.3. The first-order valence-electron chi connectivity index (χ1n) is 11.1. The number of benzene rings is 1. The minimum atomic E-state index is -1.57. The summed E-state index contributed by atoms with van der Waals surface area (Å²) in [6.07, 6.45) is 0. The number of carboxylic acid groups (broad SMARTS) is 1. The number of carboxylic acids is 1. The third kappa shape index (κ3) is 8.88. The van der Waals surface area contributed by atoms with Crippen LogP contribution in [0.25, 0.3) is 0 Å². The molecule has 3 rings (SSSR count). The molecule has 0 saturated heterocycles. The smallest absolute Gasteiger partial charge is 0.328 e. The van der Waals surface area contributed by atoms with Crippen LogP contribution in [0.5, 0.6) is 47.0 Å². The molecule has 0 aliphatic heterocycles. The highest BCUT2D eigenvalue weighted by Crippen LogP contribution is 2.34. The van der Waals surface area contributed by atoms with Crippen LogP contribution in [0, 0.1) is 0 Å². The van der Waals surface area contributed by atoms with Gasteiger partial charge in [0.05, 0.1) is 78.4 Å². The Morgan fingerprint density at radius 3 is 1.42 bits per heavy atom. The van der Waals surface area contributed by atoms with Crippen molar-refractivity contribution in [3.8, 4) is 47.0 Å². The predicted octanol–water partition coefficient (Wildman–Crippen LogP) is -1.22. The molecule has 0 bridgehead atoms. The molecular formula is C23H29N5O10. The molecular weight excluding hydrogens is 506 g/mol. The van der Waals surface area contributed by atoms with Crippen LogP contribution < -0.4 is 38.8 Å². The SMILES string of the molecule is COc1cc(OC)nc(Oc2cccc(Oc3nc(OC)cc(OC)n3)c2C(=O)[O-])n1.OCC[NH2+]CCO. The first-order chi connectivity index (χ1) is 18.4. The molecule has 0 fully saturated rings. The molecule has 1 aromatic carbocycles. The second-order valence-corrected chi connectivity index (χ2v) is 6.90. The van der Waals surface area contributed by atoms with Gasteiger partial charge in [0.1, 0.15) is 11.5 Å². The Hall–Kier alpha value is -4.47. The van der Waals surface area contributed by atoms with Crippen LogP contribution in [0.15, 0.2) is 30.3 Å². The van der Waals surface area contributed by atoms with Crippen molar-refractivity contribution in [2.75, 3.05) is 54.7 Å². The lowest BCUT2D eigenvalue weighted by Crippen LogP contribution is -2.85. The lowest BCUT2D eigenvalue weighted by molar-refractivity contribution is -0.657. The van der Waals surface area contributed by atoms with Crippen molar-refractivity contribution in [2.45, 2.75) is 0 Å². The summed E-state index contributed by atoms with van der Waals surface area (Å²) in [5.74, 6) is -1.26. The van der Waals surface area contributed by atoms with Crippen molar-refractivity contribution in [1.82, 2.24) is 19.9 Å². The van der Waals surface area contributed by atoms with Gasteiger partial charge in [0.25, 0.3) is 0 Å². The van der Waals surface area contributed by atoms with Gasteiger partial charge in [-0.25, -0.2) is 0 Å². The van der Waals surface area contributed by atoms with Crippen LogP contribution >= 0.6 is 0 Å². The summed E-state index contributed by atoms with van der Waals surface area (Å²) in [5.41, 5.74) is -0.418. The zero-order valence-electron chi connectivity index (χ0n) is 21.2. The van der Waals surface area contributed by atoms with Crippen LogP contribution in [0.4, 0.5) is 0 Å². The standard InChI is InChI=1S/C19H18N4O8.C4H11NO2/c1-26-12-8-13(27-2)21-18(20-12)30-10-6-5-7-11(16(10)17(24)25)31-19-22-14(28-3)9-15(23-19)29-4;6-3-1-5-2-4-7/h5-9H,1-4H3,(H,24,25);5-7H,1-4H2. The maximum absolute atomic E-state index is 11.9. The van der Waals surface area contributed by atoms with E-state index in [9.17, 15) is 9.90 Å². The van der Waals surface area contributed by atoms with Crippen molar-refractivity contribution < 1.29 is 53.9 Å². The summed E-state index contributed by atoms with van der Waals surface area (Å²) >= 11 is 0. The van der Waals surface area contributed by atoms with Crippen LogP contribution in [0.1, 0.15) is 10.4 Å². The lowest BCUT2D eigenvalue weighted by atomic mass is 10.2. The van der Waals surface area contributed by atoms with Crippen molar-refractivity contribution in [3.05, 3.63) is 35.9 Å². The zero-order chi connectivity index (χ0) is 27.9. The third-order valence-corrected chi connectivity index (χ3v) is 4.41. The summed E-state index contributed by atoms with van der Waals surface area (Å²) in [7, 11) is 5.59. The normalized spacial score (nSPS) is 10.1. The molecule has 3 aromatic rings. The van der Waals surface area contributed by atoms with E-state index in [-0.39, 0.29) is 60.3 Å². The molecule has 0 radical (unpaired) electrons. The summed E-state index contributed by atoms with van der Waals surface area (Å²) in [6, 6.07) is 6.68. The Morgan fingerprint density at radius 1 is 0.763 bits per heavy atom. The molecule has 0 amide bonds. The Balaban J connectivity index is 0.000000638. The molecule has 0 aliphatic carbocycles. The predicted molar refractivity (Wildman–Crippen MR) is 127 cm³/mol. The van der Waals surface area contributed by atoms with E-state index in [1.165, 1.54) is 58.8 Å². The number of hydrogen-bond acceptors (Lipinski definition) is 14. The molecule has 206 valence electrons. The third-order valence-electron chi connectivity index (χ3n) is 4.41. The average molecular weight is 536 g/mol. The van der Waals surface area contributed by atoms with Gasteiger partial charge in [0, 0.05) is 0 Å². The van der Waals surface area contributed by atoms with Crippen LogP contribution in [-0.2, 0) is 0 Å². The molecule has 2 heterocycles. The van der Waals surface area contributed by atoms with E-state index >= 15 is 0 Å². The van der Waals surface area contributed by atoms with E-state index in [4.69, 9.17) is 38.6 Å². The van der Waals surface area contributed by atoms with Crippen LogP contribution in [-0.4, -0.2) is 90.9 Å². The molecule has 0 spiro atoms. The van der Waals surface area contributed by atoms with E-state index in [0.717, 1.165) is 0 Å². The van der Waals surface area contributed by atoms with E-state index in [1.807, 2.05) is 5.32 Å². The maximum Gasteiger partial charge on any atom is 0.328 e. The van der Waals surface area contributed by atoms with Gasteiger partial charge in [-0.1, -0.05) is 6.07 Å². The molecule has 0 aliphatic rings. The Bertz CT molecular complexity index is 1060. The molecule has 0 unspecified atom stereocenters. The highest BCUT2D eigenvalue weighted by atomic mass is 16.5. The van der Waals surface area contributed by atoms with Gasteiger partial charge < -0.3 is 53.9 Å². The number of nitrogens with zero attached hydrogens (tertiary/aromatic N) is 4. The van der Waals surface area contributed by atoms with E-state index < -0.39 is 11.5 Å². The number of ether oxygens (including phenoxy) is 6. The Labute approximate surface area is 217 Å². The fourth-order valence-electron chi connectivity index (χ4n) is 2.68. The average Bonchev–Trinajstić information content (AvgIpc) is 2.93. The van der Waals surface area contributed by atoms with Gasteiger partial charge in [0.2, 0.25) is 23.5 Å². The second-order valence-electron chi connectivity index (χ2n) is 6.90. The summed E-state index contributed by atoms with van der Waals surface area (Å²) in [6.45, 7) is 1.78. The number of hydrogen-bond donors (Lipinski definition) is 3. The molecule has 15 heteroatoms. The lowest BCUT2D eigenvalue weighted by Gasteiger charge is -2.15.